The van der Waals surface area contributed by atoms with E-state index in [4.69, 9.17) is 5.21 Å². The molecule has 0 spiro atoms. The minimum atomic E-state index is -1.48. The summed E-state index contributed by atoms with van der Waals surface area (Å²) >= 11 is 0. The highest BCUT2D eigenvalue weighted by atomic mass is 16.5. The van der Waals surface area contributed by atoms with Crippen LogP contribution < -0.4 is 16.1 Å². The minimum absolute atomic E-state index is 0.313. The monoisotopic (exact) mass is 370 g/mol. The quantitative estimate of drug-likeness (QED) is 0.346. The van der Waals surface area contributed by atoms with E-state index in [9.17, 15) is 14.4 Å². The Morgan fingerprint density at radius 1 is 0.889 bits per heavy atom. The van der Waals surface area contributed by atoms with Crippen molar-refractivity contribution in [1.82, 2.24) is 15.7 Å². The molecule has 0 saturated carbocycles. The zero-order valence-electron chi connectivity index (χ0n) is 15.3. The van der Waals surface area contributed by atoms with Gasteiger partial charge in [-0.2, -0.15) is 0 Å². The van der Waals surface area contributed by atoms with Gasteiger partial charge in [0, 0.05) is 32.4 Å². The molecule has 27 heavy (non-hydrogen) atoms. The molecule has 0 bridgehead atoms. The van der Waals surface area contributed by atoms with E-state index < -0.39 is 23.8 Å². The van der Waals surface area contributed by atoms with Crippen molar-refractivity contribution in [2.75, 3.05) is 26.5 Å². The molecular weight excluding hydrogens is 348 g/mol. The van der Waals surface area contributed by atoms with Gasteiger partial charge in [-0.25, -0.2) is 5.48 Å². The molecule has 0 saturated heterocycles. The molecule has 0 fully saturated rings. The fourth-order valence-electron chi connectivity index (χ4n) is 2.62. The predicted molar refractivity (Wildman–Crippen MR) is 101 cm³/mol. The fraction of sp³-hybridized carbons (Fsp3) is 0.211. The lowest BCUT2D eigenvalue weighted by Gasteiger charge is -2.25. The van der Waals surface area contributed by atoms with Crippen LogP contribution >= 0.6 is 0 Å². The number of carbonyl (C=O) groups excluding carboxylic acids is 3. The van der Waals surface area contributed by atoms with Crippen LogP contribution in [0.4, 0.5) is 5.69 Å². The van der Waals surface area contributed by atoms with Crippen LogP contribution in [0.1, 0.15) is 10.4 Å². The summed E-state index contributed by atoms with van der Waals surface area (Å²) in [5, 5.41) is 14.2. The molecule has 0 heterocycles. The molecule has 0 aliphatic carbocycles. The van der Waals surface area contributed by atoms with E-state index in [1.807, 2.05) is 31.3 Å². The molecule has 1 atom stereocenters. The summed E-state index contributed by atoms with van der Waals surface area (Å²) in [6.45, 7) is 0. The largest absolute Gasteiger partial charge is 0.388 e. The Morgan fingerprint density at radius 3 is 1.85 bits per heavy atom. The second-order valence-electron chi connectivity index (χ2n) is 5.81. The van der Waals surface area contributed by atoms with Crippen molar-refractivity contribution in [2.45, 2.75) is 6.04 Å². The molecule has 2 aromatic rings. The molecule has 0 aliphatic heterocycles. The summed E-state index contributed by atoms with van der Waals surface area (Å²) < 4.78 is 0. The molecule has 4 N–H and O–H groups in total. The number of hydroxylamine groups is 1. The summed E-state index contributed by atoms with van der Waals surface area (Å²) in [5.41, 5.74) is 4.63. The highest BCUT2D eigenvalue weighted by molar-refractivity contribution is 6.08. The number of nitrogens with zero attached hydrogens (tertiary/aromatic N) is 1. The number of amides is 3. The fourth-order valence-corrected chi connectivity index (χ4v) is 2.62. The summed E-state index contributed by atoms with van der Waals surface area (Å²) in [6, 6.07) is 13.2. The lowest BCUT2D eigenvalue weighted by molar-refractivity contribution is -0.140. The Hall–Kier alpha value is -3.39. The maximum absolute atomic E-state index is 12.6. The zero-order valence-corrected chi connectivity index (χ0v) is 15.3. The first-order chi connectivity index (χ1) is 12.9. The molecule has 0 aromatic heterocycles. The molecule has 2 rings (SSSR count). The van der Waals surface area contributed by atoms with Crippen molar-refractivity contribution in [2.24, 2.45) is 0 Å². The maximum Gasteiger partial charge on any atom is 0.275 e. The van der Waals surface area contributed by atoms with Crippen molar-refractivity contribution in [1.29, 1.82) is 0 Å². The van der Waals surface area contributed by atoms with Gasteiger partial charge < -0.3 is 15.5 Å². The molecule has 142 valence electrons. The average molecular weight is 370 g/mol. The SMILES string of the molecule is CNC(=O)C(C(=O)NO)N(C)C(=O)c1ccc(-c2ccc(NC)cc2)cc1. The highest BCUT2D eigenvalue weighted by Crippen LogP contribution is 2.22. The number of likely N-dealkylation sites (N-methyl/N-ethyl adjacent to an activating group) is 2. The van der Waals surface area contributed by atoms with Gasteiger partial charge in [-0.15, -0.1) is 0 Å². The van der Waals surface area contributed by atoms with Gasteiger partial charge in [-0.1, -0.05) is 24.3 Å². The van der Waals surface area contributed by atoms with Crippen molar-refractivity contribution in [3.63, 3.8) is 0 Å². The molecule has 1 unspecified atom stereocenters. The third-order valence-electron chi connectivity index (χ3n) is 4.20. The van der Waals surface area contributed by atoms with Crippen LogP contribution in [0.25, 0.3) is 11.1 Å². The van der Waals surface area contributed by atoms with E-state index in [1.165, 1.54) is 19.6 Å². The van der Waals surface area contributed by atoms with Gasteiger partial charge in [0.05, 0.1) is 0 Å². The second-order valence-corrected chi connectivity index (χ2v) is 5.81. The van der Waals surface area contributed by atoms with Crippen LogP contribution in [-0.4, -0.2) is 55.0 Å². The third-order valence-corrected chi connectivity index (χ3v) is 4.20. The Balaban J connectivity index is 2.22. The standard InChI is InChI=1S/C19H22N4O4/c1-20-15-10-8-13(9-11-15)12-4-6-14(7-5-12)19(26)23(3)16(17(24)21-2)18(25)22-27/h4-11,16,20,27H,1-3H3,(H,21,24)(H,22,25). The van der Waals surface area contributed by atoms with Crippen LogP contribution in [-0.2, 0) is 9.59 Å². The van der Waals surface area contributed by atoms with Crippen molar-refractivity contribution < 1.29 is 19.6 Å². The normalized spacial score (nSPS) is 11.3. The van der Waals surface area contributed by atoms with Gasteiger partial charge >= 0.3 is 0 Å². The minimum Gasteiger partial charge on any atom is -0.388 e. The average Bonchev–Trinajstić information content (AvgIpc) is 2.73. The van der Waals surface area contributed by atoms with Gasteiger partial charge in [0.1, 0.15) is 0 Å². The summed E-state index contributed by atoms with van der Waals surface area (Å²) in [6.07, 6.45) is 0. The Labute approximate surface area is 157 Å². The van der Waals surface area contributed by atoms with Crippen molar-refractivity contribution in [3.8, 4) is 11.1 Å². The third kappa shape index (κ3) is 4.42. The Morgan fingerprint density at radius 2 is 1.41 bits per heavy atom. The van der Waals surface area contributed by atoms with Crippen LogP contribution in [0.2, 0.25) is 0 Å². The van der Waals surface area contributed by atoms with Crippen LogP contribution in [0.3, 0.4) is 0 Å². The smallest absolute Gasteiger partial charge is 0.275 e. The van der Waals surface area contributed by atoms with E-state index in [0.29, 0.717) is 5.56 Å². The van der Waals surface area contributed by atoms with Gasteiger partial charge in [0.15, 0.2) is 6.04 Å². The molecule has 8 heteroatoms. The number of nitrogens with one attached hydrogen (secondary N) is 3. The molecule has 2 aromatic carbocycles. The van der Waals surface area contributed by atoms with Crippen molar-refractivity contribution >= 4 is 23.4 Å². The van der Waals surface area contributed by atoms with Crippen LogP contribution in [0.15, 0.2) is 48.5 Å². The number of hydrogen-bond acceptors (Lipinski definition) is 5. The Bertz CT molecular complexity index is 803. The number of carbonyl (C=O) groups is 3. The number of benzene rings is 2. The Kier molecular flexibility index (Phi) is 6.51. The number of hydrogen-bond donors (Lipinski definition) is 4. The van der Waals surface area contributed by atoms with Gasteiger partial charge in [-0.3, -0.25) is 19.6 Å². The number of rotatable bonds is 6. The molecule has 8 nitrogen and oxygen atoms in total. The highest BCUT2D eigenvalue weighted by Gasteiger charge is 2.33. The van der Waals surface area contributed by atoms with E-state index in [1.54, 1.807) is 24.3 Å². The maximum atomic E-state index is 12.6. The lowest BCUT2D eigenvalue weighted by Crippen LogP contribution is -2.54. The zero-order chi connectivity index (χ0) is 20.0. The molecule has 3 amide bonds. The summed E-state index contributed by atoms with van der Waals surface area (Å²) in [7, 11) is 4.50. The van der Waals surface area contributed by atoms with E-state index in [0.717, 1.165) is 21.7 Å². The molecule has 0 aliphatic rings. The topological polar surface area (TPSA) is 111 Å². The first-order valence-corrected chi connectivity index (χ1v) is 8.24. The van der Waals surface area contributed by atoms with E-state index in [-0.39, 0.29) is 0 Å². The van der Waals surface area contributed by atoms with Gasteiger partial charge in [-0.05, 0) is 35.4 Å². The second kappa shape index (κ2) is 8.81. The van der Waals surface area contributed by atoms with Gasteiger partial charge in [0.2, 0.25) is 0 Å². The summed E-state index contributed by atoms with van der Waals surface area (Å²) in [4.78, 5) is 37.3. The lowest BCUT2D eigenvalue weighted by atomic mass is 10.0. The summed E-state index contributed by atoms with van der Waals surface area (Å²) in [5.74, 6) is -2.23. The van der Waals surface area contributed by atoms with E-state index >= 15 is 0 Å². The van der Waals surface area contributed by atoms with Crippen LogP contribution in [0, 0.1) is 0 Å². The van der Waals surface area contributed by atoms with E-state index in [2.05, 4.69) is 10.6 Å². The van der Waals surface area contributed by atoms with Crippen molar-refractivity contribution in [3.05, 3.63) is 54.1 Å². The molecular formula is C19H22N4O4. The van der Waals surface area contributed by atoms with Gasteiger partial charge in [0.25, 0.3) is 17.7 Å². The molecule has 0 radical (unpaired) electrons. The number of anilines is 1. The first-order valence-electron chi connectivity index (χ1n) is 8.24. The first kappa shape index (κ1) is 19.9. The van der Waals surface area contributed by atoms with Crippen LogP contribution in [0.5, 0.6) is 0 Å². The predicted octanol–water partition coefficient (Wildman–Crippen LogP) is 1.09.